The number of fused-ring (bicyclic) bond motifs is 1. The fourth-order valence-electron chi connectivity index (χ4n) is 2.34. The van der Waals surface area contributed by atoms with E-state index in [9.17, 15) is 0 Å². The molecule has 2 N–H and O–H groups in total. The van der Waals surface area contributed by atoms with Gasteiger partial charge in [-0.3, -0.25) is 0 Å². The Labute approximate surface area is 126 Å². The zero-order chi connectivity index (χ0) is 13.6. The average Bonchev–Trinajstić information content (AvgIpc) is 2.76. The second-order valence-corrected chi connectivity index (χ2v) is 5.82. The molecule has 0 aromatic heterocycles. The van der Waals surface area contributed by atoms with Crippen molar-refractivity contribution >= 4 is 46.2 Å². The molecule has 0 saturated carbocycles. The summed E-state index contributed by atoms with van der Waals surface area (Å²) in [6.07, 6.45) is 0. The van der Waals surface area contributed by atoms with Crippen LogP contribution in [0, 0.1) is 0 Å². The SMILES string of the molecule is Nc1ccc2c(c1)CN(c1cc(Cl)c(Cl)cc1Cl)C2. The van der Waals surface area contributed by atoms with Crippen LogP contribution in [-0.4, -0.2) is 0 Å². The Hall–Kier alpha value is -1.09. The maximum absolute atomic E-state index is 6.25. The van der Waals surface area contributed by atoms with Crippen molar-refractivity contribution in [3.63, 3.8) is 0 Å². The minimum absolute atomic E-state index is 0.469. The maximum atomic E-state index is 6.25. The fraction of sp³-hybridized carbons (Fsp3) is 0.143. The average molecular weight is 314 g/mol. The summed E-state index contributed by atoms with van der Waals surface area (Å²) in [6, 6.07) is 9.45. The second kappa shape index (κ2) is 4.78. The molecule has 2 nitrogen and oxygen atoms in total. The van der Waals surface area contributed by atoms with E-state index >= 15 is 0 Å². The van der Waals surface area contributed by atoms with Crippen molar-refractivity contribution < 1.29 is 0 Å². The Morgan fingerprint density at radius 3 is 2.32 bits per heavy atom. The van der Waals surface area contributed by atoms with E-state index in [1.165, 1.54) is 11.1 Å². The predicted molar refractivity (Wildman–Crippen MR) is 82.2 cm³/mol. The van der Waals surface area contributed by atoms with E-state index in [2.05, 4.69) is 11.0 Å². The summed E-state index contributed by atoms with van der Waals surface area (Å²) in [5.74, 6) is 0. The van der Waals surface area contributed by atoms with Gasteiger partial charge in [-0.2, -0.15) is 0 Å². The molecule has 0 bridgehead atoms. The summed E-state index contributed by atoms with van der Waals surface area (Å²) in [6.45, 7) is 1.57. The Balaban J connectivity index is 1.97. The molecule has 0 fully saturated rings. The van der Waals surface area contributed by atoms with Crippen LogP contribution in [0.4, 0.5) is 11.4 Å². The van der Waals surface area contributed by atoms with Gasteiger partial charge in [0.2, 0.25) is 0 Å². The van der Waals surface area contributed by atoms with Crippen LogP contribution in [0.15, 0.2) is 30.3 Å². The molecule has 0 atom stereocenters. The van der Waals surface area contributed by atoms with Gasteiger partial charge in [0.1, 0.15) is 0 Å². The largest absolute Gasteiger partial charge is 0.399 e. The highest BCUT2D eigenvalue weighted by molar-refractivity contribution is 6.44. The van der Waals surface area contributed by atoms with Crippen molar-refractivity contribution in [3.05, 3.63) is 56.5 Å². The van der Waals surface area contributed by atoms with E-state index in [0.717, 1.165) is 24.5 Å². The van der Waals surface area contributed by atoms with Gasteiger partial charge in [0.15, 0.2) is 0 Å². The number of nitrogens with two attached hydrogens (primary N) is 1. The van der Waals surface area contributed by atoms with Crippen molar-refractivity contribution in [2.24, 2.45) is 0 Å². The molecule has 1 aliphatic heterocycles. The van der Waals surface area contributed by atoms with Crippen molar-refractivity contribution in [1.29, 1.82) is 0 Å². The minimum atomic E-state index is 0.469. The van der Waals surface area contributed by atoms with E-state index in [1.807, 2.05) is 18.2 Å². The molecular formula is C14H11Cl3N2. The lowest BCUT2D eigenvalue weighted by Gasteiger charge is -2.19. The van der Waals surface area contributed by atoms with Crippen LogP contribution in [0.3, 0.4) is 0 Å². The Morgan fingerprint density at radius 2 is 1.53 bits per heavy atom. The fourth-order valence-corrected chi connectivity index (χ4v) is 3.00. The van der Waals surface area contributed by atoms with Crippen LogP contribution in [0.2, 0.25) is 15.1 Å². The molecule has 1 heterocycles. The van der Waals surface area contributed by atoms with Gasteiger partial charge in [-0.25, -0.2) is 0 Å². The summed E-state index contributed by atoms with van der Waals surface area (Å²) < 4.78 is 0. The van der Waals surface area contributed by atoms with Gasteiger partial charge in [0.25, 0.3) is 0 Å². The predicted octanol–water partition coefficient (Wildman–Crippen LogP) is 4.75. The number of hydrogen-bond donors (Lipinski definition) is 1. The van der Waals surface area contributed by atoms with Crippen LogP contribution in [0.5, 0.6) is 0 Å². The summed E-state index contributed by atoms with van der Waals surface area (Å²) in [5, 5.41) is 1.59. The summed E-state index contributed by atoms with van der Waals surface area (Å²) in [7, 11) is 0. The van der Waals surface area contributed by atoms with E-state index in [-0.39, 0.29) is 0 Å². The lowest BCUT2D eigenvalue weighted by atomic mass is 10.1. The van der Waals surface area contributed by atoms with Crippen molar-refractivity contribution in [3.8, 4) is 0 Å². The molecule has 0 aliphatic carbocycles. The first-order chi connectivity index (χ1) is 9.04. The number of nitrogens with zero attached hydrogens (tertiary/aromatic N) is 1. The molecule has 0 saturated heterocycles. The molecule has 19 heavy (non-hydrogen) atoms. The molecule has 0 spiro atoms. The molecule has 3 rings (SSSR count). The summed E-state index contributed by atoms with van der Waals surface area (Å²) in [5.41, 5.74) is 9.96. The van der Waals surface area contributed by atoms with Gasteiger partial charge in [-0.15, -0.1) is 0 Å². The summed E-state index contributed by atoms with van der Waals surface area (Å²) >= 11 is 18.3. The number of anilines is 2. The molecular weight excluding hydrogens is 303 g/mol. The zero-order valence-corrected chi connectivity index (χ0v) is 12.2. The highest BCUT2D eigenvalue weighted by Gasteiger charge is 2.21. The highest BCUT2D eigenvalue weighted by Crippen LogP contribution is 2.38. The van der Waals surface area contributed by atoms with Crippen molar-refractivity contribution in [1.82, 2.24) is 0 Å². The molecule has 1 aliphatic rings. The smallest absolute Gasteiger partial charge is 0.0655 e. The Kier molecular flexibility index (Phi) is 3.25. The molecule has 5 heteroatoms. The van der Waals surface area contributed by atoms with Gasteiger partial charge in [0, 0.05) is 18.8 Å². The standard InChI is InChI=1S/C14H11Cl3N2/c15-11-4-13(17)14(5-12(11)16)19-6-8-1-2-10(18)3-9(8)7-19/h1-5H,6-7,18H2. The van der Waals surface area contributed by atoms with Crippen molar-refractivity contribution in [2.45, 2.75) is 13.1 Å². The molecule has 0 unspecified atom stereocenters. The number of halogens is 3. The third-order valence-electron chi connectivity index (χ3n) is 3.28. The molecule has 98 valence electrons. The molecule has 0 radical (unpaired) electrons. The zero-order valence-electron chi connectivity index (χ0n) is 9.96. The highest BCUT2D eigenvalue weighted by atomic mass is 35.5. The topological polar surface area (TPSA) is 29.3 Å². The van der Waals surface area contributed by atoms with Gasteiger partial charge >= 0.3 is 0 Å². The van der Waals surface area contributed by atoms with E-state index in [1.54, 1.807) is 6.07 Å². The first-order valence-corrected chi connectivity index (χ1v) is 6.95. The van der Waals surface area contributed by atoms with Gasteiger partial charge < -0.3 is 10.6 Å². The monoisotopic (exact) mass is 312 g/mol. The second-order valence-electron chi connectivity index (χ2n) is 4.60. The number of nitrogen functional groups attached to an aromatic ring is 1. The lowest BCUT2D eigenvalue weighted by molar-refractivity contribution is 0.881. The number of benzene rings is 2. The first-order valence-electron chi connectivity index (χ1n) is 5.81. The van der Waals surface area contributed by atoms with Gasteiger partial charge in [0.05, 0.1) is 20.8 Å². The first kappa shape index (κ1) is 12.9. The van der Waals surface area contributed by atoms with Crippen LogP contribution in [0.25, 0.3) is 0 Å². The molecule has 0 amide bonds. The molecule has 2 aromatic carbocycles. The van der Waals surface area contributed by atoms with Crippen LogP contribution in [-0.2, 0) is 13.1 Å². The Bertz CT molecular complexity index is 655. The normalized spacial score (nSPS) is 13.7. The van der Waals surface area contributed by atoms with Crippen LogP contribution < -0.4 is 10.6 Å². The lowest BCUT2D eigenvalue weighted by Crippen LogP contribution is -2.14. The van der Waals surface area contributed by atoms with Gasteiger partial charge in [-0.1, -0.05) is 40.9 Å². The summed E-state index contributed by atoms with van der Waals surface area (Å²) in [4.78, 5) is 2.16. The third kappa shape index (κ3) is 2.36. The van der Waals surface area contributed by atoms with Gasteiger partial charge in [-0.05, 0) is 35.4 Å². The quantitative estimate of drug-likeness (QED) is 0.608. The van der Waals surface area contributed by atoms with Crippen LogP contribution >= 0.6 is 34.8 Å². The number of hydrogen-bond acceptors (Lipinski definition) is 2. The van der Waals surface area contributed by atoms with E-state index in [0.29, 0.717) is 15.1 Å². The Morgan fingerprint density at radius 1 is 0.842 bits per heavy atom. The van der Waals surface area contributed by atoms with Crippen molar-refractivity contribution in [2.75, 3.05) is 10.6 Å². The third-order valence-corrected chi connectivity index (χ3v) is 4.31. The van der Waals surface area contributed by atoms with E-state index in [4.69, 9.17) is 40.5 Å². The minimum Gasteiger partial charge on any atom is -0.399 e. The van der Waals surface area contributed by atoms with Crippen LogP contribution in [0.1, 0.15) is 11.1 Å². The molecule has 2 aromatic rings. The van der Waals surface area contributed by atoms with E-state index < -0.39 is 0 Å². The number of rotatable bonds is 1. The maximum Gasteiger partial charge on any atom is 0.0655 e.